The zero-order valence-electron chi connectivity index (χ0n) is 18.6. The third kappa shape index (κ3) is 3.57. The lowest BCUT2D eigenvalue weighted by atomic mass is 9.71. The first-order chi connectivity index (χ1) is 11.1. The van der Waals surface area contributed by atoms with Gasteiger partial charge in [0.05, 0.1) is 6.04 Å². The SMILES string of the molecule is CC(C)(C)NC(CC1CCC2(CC1)C(C)(C)C2(C)C)C(=O)C(C)(C)C. The Bertz CT molecular complexity index is 491. The van der Waals surface area contributed by atoms with E-state index < -0.39 is 0 Å². The average molecular weight is 350 g/mol. The third-order valence-electron chi connectivity index (χ3n) is 8.08. The van der Waals surface area contributed by atoms with Crippen LogP contribution in [0.4, 0.5) is 0 Å². The first-order valence-electron chi connectivity index (χ1n) is 10.4. The van der Waals surface area contributed by atoms with Crippen molar-refractivity contribution < 1.29 is 4.79 Å². The standard InChI is InChI=1S/C23H43NO/c1-19(2,3)18(25)17(24-20(4,5)6)15-16-11-13-23(14-12-16)21(7,8)22(23,9)10/h16-17,24H,11-15H2,1-10H3. The van der Waals surface area contributed by atoms with Crippen molar-refractivity contribution >= 4 is 5.78 Å². The second kappa shape index (κ2) is 6.08. The van der Waals surface area contributed by atoms with Gasteiger partial charge in [0.15, 0.2) is 5.78 Å². The Kier molecular flexibility index (Phi) is 5.09. The van der Waals surface area contributed by atoms with E-state index in [1.54, 1.807) is 0 Å². The van der Waals surface area contributed by atoms with Gasteiger partial charge < -0.3 is 5.32 Å². The topological polar surface area (TPSA) is 29.1 Å². The number of carbonyl (C=O) groups is 1. The van der Waals surface area contributed by atoms with E-state index in [9.17, 15) is 4.79 Å². The molecule has 2 nitrogen and oxygen atoms in total. The molecule has 0 bridgehead atoms. The van der Waals surface area contributed by atoms with Crippen molar-refractivity contribution in [2.75, 3.05) is 0 Å². The molecule has 0 aromatic heterocycles. The van der Waals surface area contributed by atoms with Crippen molar-refractivity contribution in [1.82, 2.24) is 5.32 Å². The molecule has 1 atom stereocenters. The number of ketones is 1. The molecule has 2 saturated carbocycles. The van der Waals surface area contributed by atoms with E-state index in [0.29, 0.717) is 27.9 Å². The van der Waals surface area contributed by atoms with Crippen LogP contribution in [0.5, 0.6) is 0 Å². The number of hydrogen-bond acceptors (Lipinski definition) is 2. The largest absolute Gasteiger partial charge is 0.303 e. The monoisotopic (exact) mass is 349 g/mol. The summed E-state index contributed by atoms with van der Waals surface area (Å²) < 4.78 is 0. The summed E-state index contributed by atoms with van der Waals surface area (Å²) in [5.41, 5.74) is 1.17. The summed E-state index contributed by atoms with van der Waals surface area (Å²) >= 11 is 0. The number of nitrogens with one attached hydrogen (secondary N) is 1. The summed E-state index contributed by atoms with van der Waals surface area (Å²) in [6, 6.07) is -0.0146. The van der Waals surface area contributed by atoms with Gasteiger partial charge in [-0.1, -0.05) is 48.5 Å². The Labute approximate surface area is 156 Å². The smallest absolute Gasteiger partial charge is 0.155 e. The number of rotatable bonds is 4. The van der Waals surface area contributed by atoms with Crippen molar-refractivity contribution in [2.45, 2.75) is 113 Å². The van der Waals surface area contributed by atoms with Crippen LogP contribution in [0.3, 0.4) is 0 Å². The highest BCUT2D eigenvalue weighted by molar-refractivity contribution is 5.88. The zero-order chi connectivity index (χ0) is 19.5. The van der Waals surface area contributed by atoms with Crippen molar-refractivity contribution in [3.05, 3.63) is 0 Å². The Hall–Kier alpha value is -0.370. The van der Waals surface area contributed by atoms with E-state index in [1.807, 2.05) is 0 Å². The molecule has 2 fully saturated rings. The second-order valence-electron chi connectivity index (χ2n) is 12.1. The van der Waals surface area contributed by atoms with Crippen LogP contribution in [-0.2, 0) is 4.79 Å². The normalized spacial score (nSPS) is 26.5. The molecule has 25 heavy (non-hydrogen) atoms. The number of carbonyl (C=O) groups excluding carboxylic acids is 1. The fourth-order valence-electron chi connectivity index (χ4n) is 5.81. The van der Waals surface area contributed by atoms with Gasteiger partial charge in [-0.3, -0.25) is 4.79 Å². The lowest BCUT2D eigenvalue weighted by molar-refractivity contribution is -0.129. The van der Waals surface area contributed by atoms with E-state index in [0.717, 1.165) is 6.42 Å². The fourth-order valence-corrected chi connectivity index (χ4v) is 5.81. The predicted molar refractivity (Wildman–Crippen MR) is 108 cm³/mol. The fraction of sp³-hybridized carbons (Fsp3) is 0.957. The summed E-state index contributed by atoms with van der Waals surface area (Å²) in [6.07, 6.45) is 6.25. The lowest BCUT2D eigenvalue weighted by Crippen LogP contribution is -2.51. The molecule has 2 rings (SSSR count). The summed E-state index contributed by atoms with van der Waals surface area (Å²) in [4.78, 5) is 13.0. The van der Waals surface area contributed by atoms with Crippen LogP contribution >= 0.6 is 0 Å². The first kappa shape index (κ1) is 20.9. The van der Waals surface area contributed by atoms with Gasteiger partial charge in [0, 0.05) is 11.0 Å². The Morgan fingerprint density at radius 2 is 1.40 bits per heavy atom. The molecule has 0 aromatic rings. The number of Topliss-reactive ketones (excluding diaryl/α,β-unsaturated/α-hetero) is 1. The minimum absolute atomic E-state index is 0.0146. The minimum Gasteiger partial charge on any atom is -0.303 e. The van der Waals surface area contributed by atoms with Gasteiger partial charge in [-0.2, -0.15) is 0 Å². The van der Waals surface area contributed by atoms with Crippen LogP contribution in [-0.4, -0.2) is 17.4 Å². The van der Waals surface area contributed by atoms with Crippen molar-refractivity contribution in [3.63, 3.8) is 0 Å². The van der Waals surface area contributed by atoms with Gasteiger partial charge in [0.2, 0.25) is 0 Å². The van der Waals surface area contributed by atoms with Crippen LogP contribution < -0.4 is 5.32 Å². The van der Waals surface area contributed by atoms with Gasteiger partial charge in [0.25, 0.3) is 0 Å². The van der Waals surface area contributed by atoms with Crippen LogP contribution in [0.1, 0.15) is 101 Å². The molecular weight excluding hydrogens is 306 g/mol. The molecule has 2 heteroatoms. The molecule has 0 aromatic carbocycles. The molecule has 0 aliphatic heterocycles. The summed E-state index contributed by atoms with van der Waals surface area (Å²) in [7, 11) is 0. The maximum Gasteiger partial charge on any atom is 0.155 e. The molecule has 146 valence electrons. The van der Waals surface area contributed by atoms with E-state index in [2.05, 4.69) is 74.6 Å². The van der Waals surface area contributed by atoms with Gasteiger partial charge in [0.1, 0.15) is 0 Å². The van der Waals surface area contributed by atoms with Crippen LogP contribution in [0.2, 0.25) is 0 Å². The van der Waals surface area contributed by atoms with Crippen molar-refractivity contribution in [3.8, 4) is 0 Å². The van der Waals surface area contributed by atoms with Crippen LogP contribution in [0, 0.1) is 27.6 Å². The summed E-state index contributed by atoms with van der Waals surface area (Å²) in [6.45, 7) is 22.5. The van der Waals surface area contributed by atoms with E-state index in [4.69, 9.17) is 0 Å². The highest BCUT2D eigenvalue weighted by Gasteiger charge is 2.75. The van der Waals surface area contributed by atoms with Gasteiger partial charge in [-0.05, 0) is 75.0 Å². The second-order valence-corrected chi connectivity index (χ2v) is 12.1. The van der Waals surface area contributed by atoms with Crippen molar-refractivity contribution in [2.24, 2.45) is 27.6 Å². The van der Waals surface area contributed by atoms with Crippen LogP contribution in [0.25, 0.3) is 0 Å². The number of hydrogen-bond donors (Lipinski definition) is 1. The molecule has 0 heterocycles. The Morgan fingerprint density at radius 1 is 0.960 bits per heavy atom. The maximum absolute atomic E-state index is 13.0. The molecule has 2 aliphatic rings. The highest BCUT2D eigenvalue weighted by Crippen LogP contribution is 2.82. The Morgan fingerprint density at radius 3 is 1.72 bits per heavy atom. The summed E-state index contributed by atoms with van der Waals surface area (Å²) in [5.74, 6) is 1.05. The van der Waals surface area contributed by atoms with Gasteiger partial charge >= 0.3 is 0 Å². The van der Waals surface area contributed by atoms with E-state index in [-0.39, 0.29) is 17.0 Å². The molecule has 0 saturated heterocycles. The van der Waals surface area contributed by atoms with Crippen LogP contribution in [0.15, 0.2) is 0 Å². The first-order valence-corrected chi connectivity index (χ1v) is 10.4. The molecular formula is C23H43NO. The maximum atomic E-state index is 13.0. The average Bonchev–Trinajstić information content (AvgIpc) is 2.75. The zero-order valence-corrected chi connectivity index (χ0v) is 18.6. The van der Waals surface area contributed by atoms with Crippen molar-refractivity contribution in [1.29, 1.82) is 0 Å². The molecule has 1 N–H and O–H groups in total. The van der Waals surface area contributed by atoms with Gasteiger partial charge in [-0.15, -0.1) is 0 Å². The Balaban J connectivity index is 2.03. The predicted octanol–water partition coefficient (Wildman–Crippen LogP) is 5.99. The molecule has 2 aliphatic carbocycles. The lowest BCUT2D eigenvalue weighted by Gasteiger charge is -2.37. The highest BCUT2D eigenvalue weighted by atomic mass is 16.1. The van der Waals surface area contributed by atoms with E-state index in [1.165, 1.54) is 25.7 Å². The molecule has 1 spiro atoms. The third-order valence-corrected chi connectivity index (χ3v) is 8.08. The molecule has 0 radical (unpaired) electrons. The van der Waals surface area contributed by atoms with Gasteiger partial charge in [-0.25, -0.2) is 0 Å². The quantitative estimate of drug-likeness (QED) is 0.675. The molecule has 1 unspecified atom stereocenters. The van der Waals surface area contributed by atoms with E-state index >= 15 is 0 Å². The minimum atomic E-state index is -0.278. The molecule has 0 amide bonds. The summed E-state index contributed by atoms with van der Waals surface area (Å²) in [5, 5.41) is 3.63.